The molecule has 1 aliphatic heterocycles. The highest BCUT2D eigenvalue weighted by atomic mass is 79.9. The van der Waals surface area contributed by atoms with Crippen LogP contribution in [0.2, 0.25) is 0 Å². The summed E-state index contributed by atoms with van der Waals surface area (Å²) < 4.78 is 40.5. The first-order valence-corrected chi connectivity index (χ1v) is 9.37. The van der Waals surface area contributed by atoms with Gasteiger partial charge in [0.15, 0.2) is 0 Å². The van der Waals surface area contributed by atoms with Crippen LogP contribution in [0.5, 0.6) is 0 Å². The number of rotatable bonds is 5. The molecular weight excluding hydrogens is 359 g/mol. The molecule has 0 saturated carbocycles. The Morgan fingerprint density at radius 3 is 2.76 bits per heavy atom. The topological polar surface area (TPSA) is 49.4 Å². The first-order chi connectivity index (χ1) is 9.95. The molecule has 1 atom stereocenters. The Bertz CT molecular complexity index is 589. The Hall–Kier alpha value is -0.500. The molecule has 2 rings (SSSR count). The van der Waals surface area contributed by atoms with Crippen molar-refractivity contribution in [1.82, 2.24) is 9.62 Å². The molecule has 118 valence electrons. The summed E-state index contributed by atoms with van der Waals surface area (Å²) in [6.07, 6.45) is 3.22. The molecule has 0 aliphatic carbocycles. The van der Waals surface area contributed by atoms with Crippen molar-refractivity contribution in [1.29, 1.82) is 0 Å². The average Bonchev–Trinajstić information content (AvgIpc) is 2.48. The third-order valence-electron chi connectivity index (χ3n) is 3.72. The maximum atomic E-state index is 13.6. The molecule has 1 N–H and O–H groups in total. The van der Waals surface area contributed by atoms with E-state index in [1.807, 2.05) is 0 Å². The summed E-state index contributed by atoms with van der Waals surface area (Å²) >= 11 is 3.04. The van der Waals surface area contributed by atoms with Crippen LogP contribution in [0.25, 0.3) is 0 Å². The van der Waals surface area contributed by atoms with E-state index in [1.165, 1.54) is 16.4 Å². The van der Waals surface area contributed by atoms with Crippen LogP contribution < -0.4 is 5.32 Å². The molecule has 0 bridgehead atoms. The Balaban J connectivity index is 2.19. The maximum absolute atomic E-state index is 13.6. The minimum absolute atomic E-state index is 0.000796. The second-order valence-corrected chi connectivity index (χ2v) is 7.97. The molecule has 7 heteroatoms. The number of hydrogen-bond acceptors (Lipinski definition) is 3. The Kier molecular flexibility index (Phi) is 5.76. The van der Waals surface area contributed by atoms with Crippen LogP contribution >= 0.6 is 15.9 Å². The Labute approximate surface area is 133 Å². The van der Waals surface area contributed by atoms with E-state index in [-0.39, 0.29) is 15.4 Å². The molecule has 1 aliphatic rings. The lowest BCUT2D eigenvalue weighted by molar-refractivity contribution is 0.319. The minimum atomic E-state index is -3.66. The van der Waals surface area contributed by atoms with Gasteiger partial charge in [-0.3, -0.25) is 0 Å². The number of nitrogens with one attached hydrogen (secondary N) is 1. The van der Waals surface area contributed by atoms with E-state index in [9.17, 15) is 12.8 Å². The van der Waals surface area contributed by atoms with E-state index >= 15 is 0 Å². The van der Waals surface area contributed by atoms with Crippen LogP contribution in [0, 0.1) is 5.82 Å². The van der Waals surface area contributed by atoms with Gasteiger partial charge in [-0.15, -0.1) is 0 Å². The summed E-state index contributed by atoms with van der Waals surface area (Å²) in [5.74, 6) is -0.567. The van der Waals surface area contributed by atoms with Gasteiger partial charge in [0.25, 0.3) is 0 Å². The van der Waals surface area contributed by atoms with E-state index in [1.54, 1.807) is 6.92 Å². The van der Waals surface area contributed by atoms with Gasteiger partial charge in [-0.05, 0) is 53.5 Å². The number of piperidine rings is 1. The van der Waals surface area contributed by atoms with Gasteiger partial charge in [0.1, 0.15) is 5.82 Å². The van der Waals surface area contributed by atoms with E-state index < -0.39 is 15.8 Å². The van der Waals surface area contributed by atoms with Gasteiger partial charge < -0.3 is 5.32 Å². The van der Waals surface area contributed by atoms with Gasteiger partial charge >= 0.3 is 0 Å². The molecule has 0 aromatic heterocycles. The van der Waals surface area contributed by atoms with E-state index in [0.29, 0.717) is 13.1 Å². The molecule has 0 amide bonds. The summed E-state index contributed by atoms with van der Waals surface area (Å²) in [5, 5.41) is 3.34. The molecule has 0 radical (unpaired) electrons. The van der Waals surface area contributed by atoms with Gasteiger partial charge in [-0.2, -0.15) is 4.31 Å². The summed E-state index contributed by atoms with van der Waals surface area (Å²) in [5.41, 5.74) is 0. The second kappa shape index (κ2) is 7.17. The summed E-state index contributed by atoms with van der Waals surface area (Å²) in [6.45, 7) is 3.53. The van der Waals surface area contributed by atoms with Crippen LogP contribution in [-0.4, -0.2) is 38.4 Å². The fraction of sp³-hybridized carbons (Fsp3) is 0.571. The van der Waals surface area contributed by atoms with Crippen molar-refractivity contribution >= 4 is 26.0 Å². The smallest absolute Gasteiger partial charge is 0.243 e. The van der Waals surface area contributed by atoms with Crippen molar-refractivity contribution in [3.05, 3.63) is 28.5 Å². The molecule has 4 nitrogen and oxygen atoms in total. The Morgan fingerprint density at radius 1 is 1.43 bits per heavy atom. The third-order valence-corrected chi connectivity index (χ3v) is 6.30. The van der Waals surface area contributed by atoms with Crippen molar-refractivity contribution in [3.8, 4) is 0 Å². The first kappa shape index (κ1) is 16.9. The predicted molar refractivity (Wildman–Crippen MR) is 84.2 cm³/mol. The lowest BCUT2D eigenvalue weighted by atomic mass is 10.1. The van der Waals surface area contributed by atoms with E-state index in [2.05, 4.69) is 21.2 Å². The highest BCUT2D eigenvalue weighted by molar-refractivity contribution is 9.10. The van der Waals surface area contributed by atoms with Crippen molar-refractivity contribution in [3.63, 3.8) is 0 Å². The summed E-state index contributed by atoms with van der Waals surface area (Å²) in [6, 6.07) is 4.10. The molecule has 1 unspecified atom stereocenters. The predicted octanol–water partition coefficient (Wildman–Crippen LogP) is 2.74. The molecule has 1 aromatic carbocycles. The van der Waals surface area contributed by atoms with Gasteiger partial charge in [-0.1, -0.05) is 13.3 Å². The van der Waals surface area contributed by atoms with Crippen molar-refractivity contribution < 1.29 is 12.8 Å². The first-order valence-electron chi connectivity index (χ1n) is 7.13. The van der Waals surface area contributed by atoms with Crippen LogP contribution in [0.15, 0.2) is 27.6 Å². The third kappa shape index (κ3) is 4.03. The number of hydrogen-bond donors (Lipinski definition) is 1. The molecule has 1 heterocycles. The lowest BCUT2D eigenvalue weighted by Crippen LogP contribution is -2.45. The second-order valence-electron chi connectivity index (χ2n) is 5.18. The lowest BCUT2D eigenvalue weighted by Gasteiger charge is -2.29. The number of halogens is 2. The molecule has 1 aromatic rings. The number of nitrogens with zero attached hydrogens (tertiary/aromatic N) is 1. The van der Waals surface area contributed by atoms with Crippen LogP contribution in [0.4, 0.5) is 4.39 Å². The zero-order valence-electron chi connectivity index (χ0n) is 12.0. The largest absolute Gasteiger partial charge is 0.313 e. The van der Waals surface area contributed by atoms with Crippen molar-refractivity contribution in [2.75, 3.05) is 19.6 Å². The van der Waals surface area contributed by atoms with Gasteiger partial charge in [0.2, 0.25) is 10.0 Å². The van der Waals surface area contributed by atoms with E-state index in [0.717, 1.165) is 31.9 Å². The van der Waals surface area contributed by atoms with Crippen molar-refractivity contribution in [2.24, 2.45) is 0 Å². The minimum Gasteiger partial charge on any atom is -0.313 e. The van der Waals surface area contributed by atoms with Gasteiger partial charge in [-0.25, -0.2) is 12.8 Å². The fourth-order valence-electron chi connectivity index (χ4n) is 2.51. The van der Waals surface area contributed by atoms with Gasteiger partial charge in [0.05, 0.1) is 9.37 Å². The molecule has 0 spiro atoms. The monoisotopic (exact) mass is 378 g/mol. The molecule has 1 fully saturated rings. The van der Waals surface area contributed by atoms with Crippen LogP contribution in [0.1, 0.15) is 26.2 Å². The summed E-state index contributed by atoms with van der Waals surface area (Å²) in [7, 11) is -3.66. The van der Waals surface area contributed by atoms with E-state index in [4.69, 9.17) is 0 Å². The normalized spacial score (nSPS) is 19.9. The maximum Gasteiger partial charge on any atom is 0.243 e. The zero-order chi connectivity index (χ0) is 15.5. The molecular formula is C14H20BrFN2O2S. The highest BCUT2D eigenvalue weighted by Gasteiger charge is 2.27. The molecule has 1 saturated heterocycles. The Morgan fingerprint density at radius 2 is 2.19 bits per heavy atom. The van der Waals surface area contributed by atoms with Crippen molar-refractivity contribution in [2.45, 2.75) is 37.1 Å². The molecule has 21 heavy (non-hydrogen) atoms. The standard InChI is InChI=1S/C14H20BrFN2O2S/c1-2-18(10-11-5-3-4-8-17-11)21(19,20)12-6-7-13(15)14(16)9-12/h6-7,9,11,17H,2-5,8,10H2,1H3. The number of sulfonamides is 1. The van der Waals surface area contributed by atoms with Crippen LogP contribution in [0.3, 0.4) is 0 Å². The zero-order valence-corrected chi connectivity index (χ0v) is 14.4. The fourth-order valence-corrected chi connectivity index (χ4v) is 4.26. The highest BCUT2D eigenvalue weighted by Crippen LogP contribution is 2.22. The summed E-state index contributed by atoms with van der Waals surface area (Å²) in [4.78, 5) is 0.000796. The van der Waals surface area contributed by atoms with Crippen LogP contribution in [-0.2, 0) is 10.0 Å². The quantitative estimate of drug-likeness (QED) is 0.856. The average molecular weight is 379 g/mol. The van der Waals surface area contributed by atoms with Gasteiger partial charge in [0, 0.05) is 19.1 Å². The number of benzene rings is 1. The number of likely N-dealkylation sites (N-methyl/N-ethyl adjacent to an activating group) is 1. The SMILES string of the molecule is CCN(CC1CCCCN1)S(=O)(=O)c1ccc(Br)c(F)c1.